The van der Waals surface area contributed by atoms with Gasteiger partial charge in [-0.05, 0) is 24.6 Å². The molecule has 1 aromatic heterocycles. The lowest BCUT2D eigenvalue weighted by atomic mass is 9.90. The minimum absolute atomic E-state index is 0.0981. The molecule has 35 heavy (non-hydrogen) atoms. The molecule has 5 aromatic rings. The van der Waals surface area contributed by atoms with Gasteiger partial charge >= 0.3 is 0 Å². The zero-order valence-corrected chi connectivity index (χ0v) is 19.3. The van der Waals surface area contributed by atoms with Gasteiger partial charge in [0.15, 0.2) is 11.6 Å². The Morgan fingerprint density at radius 1 is 0.657 bits per heavy atom. The minimum atomic E-state index is -0.474. The summed E-state index contributed by atoms with van der Waals surface area (Å²) in [5.74, 6) is -0.801. The first-order valence-electron chi connectivity index (χ1n) is 11.4. The number of pyridine rings is 1. The van der Waals surface area contributed by atoms with Crippen molar-refractivity contribution in [3.8, 4) is 0 Å². The number of benzene rings is 4. The van der Waals surface area contributed by atoms with E-state index in [0.717, 1.165) is 11.1 Å². The maximum atomic E-state index is 14.0. The van der Waals surface area contributed by atoms with Gasteiger partial charge in [-0.1, -0.05) is 103 Å². The third-order valence-corrected chi connectivity index (χ3v) is 6.13. The number of ketones is 2. The second-order valence-corrected chi connectivity index (χ2v) is 8.54. The number of aromatic nitrogens is 1. The third-order valence-electron chi connectivity index (χ3n) is 6.13. The molecule has 0 atom stereocenters. The van der Waals surface area contributed by atoms with Crippen LogP contribution in [0.2, 0.25) is 0 Å². The monoisotopic (exact) mass is 457 g/mol. The number of carbonyl (C=O) groups is 2. The Labute approximate surface area is 203 Å². The summed E-state index contributed by atoms with van der Waals surface area (Å²) in [6.07, 6.45) is 0. The second kappa shape index (κ2) is 9.35. The van der Waals surface area contributed by atoms with E-state index >= 15 is 0 Å². The molecule has 0 saturated heterocycles. The van der Waals surface area contributed by atoms with Crippen molar-refractivity contribution in [1.82, 2.24) is 4.57 Å². The van der Waals surface area contributed by atoms with Crippen LogP contribution in [0, 0.1) is 6.92 Å². The van der Waals surface area contributed by atoms with Gasteiger partial charge in [-0.15, -0.1) is 0 Å². The molecule has 0 spiro atoms. The lowest BCUT2D eigenvalue weighted by Gasteiger charge is -2.18. The van der Waals surface area contributed by atoms with Gasteiger partial charge in [-0.25, -0.2) is 0 Å². The standard InChI is InChI=1S/C31H23NO3/c1-21-17-18-26-25(19-21)27(29(33)23-13-7-3-8-14-23)28(30(34)24-15-9-4-10-16-24)31(35)32(26)20-22-11-5-2-6-12-22/h2-19H,20H2,1H3. The van der Waals surface area contributed by atoms with Gasteiger partial charge in [0.2, 0.25) is 0 Å². The van der Waals surface area contributed by atoms with Crippen LogP contribution < -0.4 is 5.56 Å². The number of aryl methyl sites for hydroxylation is 1. The predicted octanol–water partition coefficient (Wildman–Crippen LogP) is 5.82. The number of hydrogen-bond acceptors (Lipinski definition) is 3. The molecule has 0 aliphatic heterocycles. The van der Waals surface area contributed by atoms with Crippen LogP contribution in [0.5, 0.6) is 0 Å². The highest BCUT2D eigenvalue weighted by Crippen LogP contribution is 2.27. The van der Waals surface area contributed by atoms with Gasteiger partial charge in [0.05, 0.1) is 17.6 Å². The van der Waals surface area contributed by atoms with Crippen LogP contribution in [0.25, 0.3) is 10.9 Å². The zero-order chi connectivity index (χ0) is 24.4. The summed E-state index contributed by atoms with van der Waals surface area (Å²) in [5.41, 5.74) is 2.85. The molecular weight excluding hydrogens is 434 g/mol. The van der Waals surface area contributed by atoms with Crippen molar-refractivity contribution in [3.63, 3.8) is 0 Å². The van der Waals surface area contributed by atoms with Gasteiger partial charge in [0, 0.05) is 22.1 Å². The average Bonchev–Trinajstić information content (AvgIpc) is 2.90. The molecule has 0 saturated carbocycles. The Balaban J connectivity index is 1.87. The number of rotatable bonds is 6. The molecule has 0 radical (unpaired) electrons. The highest BCUT2D eigenvalue weighted by atomic mass is 16.2. The SMILES string of the molecule is Cc1ccc2c(c1)c(C(=O)c1ccccc1)c(C(=O)c1ccccc1)c(=O)n2Cc1ccccc1. The minimum Gasteiger partial charge on any atom is -0.303 e. The maximum absolute atomic E-state index is 14.0. The van der Waals surface area contributed by atoms with E-state index in [0.29, 0.717) is 22.0 Å². The van der Waals surface area contributed by atoms with E-state index in [1.807, 2.05) is 67.6 Å². The fraction of sp³-hybridized carbons (Fsp3) is 0.0645. The number of fused-ring (bicyclic) bond motifs is 1. The van der Waals surface area contributed by atoms with Crippen LogP contribution in [0.4, 0.5) is 0 Å². The van der Waals surface area contributed by atoms with E-state index in [-0.39, 0.29) is 23.5 Å². The molecule has 1 heterocycles. The Kier molecular flexibility index (Phi) is 5.94. The van der Waals surface area contributed by atoms with E-state index in [2.05, 4.69) is 0 Å². The van der Waals surface area contributed by atoms with E-state index < -0.39 is 11.3 Å². The predicted molar refractivity (Wildman–Crippen MR) is 138 cm³/mol. The van der Waals surface area contributed by atoms with E-state index in [9.17, 15) is 14.4 Å². The van der Waals surface area contributed by atoms with Crippen molar-refractivity contribution in [2.24, 2.45) is 0 Å². The van der Waals surface area contributed by atoms with Gasteiger partial charge in [0.25, 0.3) is 5.56 Å². The molecule has 170 valence electrons. The Hall–Kier alpha value is -4.57. The van der Waals surface area contributed by atoms with E-state index in [1.165, 1.54) is 0 Å². The number of nitrogens with zero attached hydrogens (tertiary/aromatic N) is 1. The van der Waals surface area contributed by atoms with Gasteiger partial charge in [0.1, 0.15) is 0 Å². The molecule has 0 aliphatic rings. The van der Waals surface area contributed by atoms with Crippen LogP contribution in [-0.2, 0) is 6.54 Å². The fourth-order valence-corrected chi connectivity index (χ4v) is 4.41. The maximum Gasteiger partial charge on any atom is 0.263 e. The summed E-state index contributed by atoms with van der Waals surface area (Å²) in [4.78, 5) is 41.7. The molecule has 0 fully saturated rings. The molecule has 4 heteroatoms. The third kappa shape index (κ3) is 4.22. The quantitative estimate of drug-likeness (QED) is 0.302. The lowest BCUT2D eigenvalue weighted by Crippen LogP contribution is -2.31. The van der Waals surface area contributed by atoms with Crippen molar-refractivity contribution in [1.29, 1.82) is 0 Å². The molecule has 0 aliphatic carbocycles. The first-order valence-corrected chi connectivity index (χ1v) is 11.4. The molecular formula is C31H23NO3. The van der Waals surface area contributed by atoms with E-state index in [1.54, 1.807) is 53.1 Å². The van der Waals surface area contributed by atoms with Crippen molar-refractivity contribution < 1.29 is 9.59 Å². The first-order chi connectivity index (χ1) is 17.0. The van der Waals surface area contributed by atoms with Gasteiger partial charge in [-0.3, -0.25) is 14.4 Å². The fourth-order valence-electron chi connectivity index (χ4n) is 4.41. The molecule has 4 aromatic carbocycles. The second-order valence-electron chi connectivity index (χ2n) is 8.54. The van der Waals surface area contributed by atoms with Crippen molar-refractivity contribution >= 4 is 22.5 Å². The van der Waals surface area contributed by atoms with Gasteiger partial charge in [-0.2, -0.15) is 0 Å². The smallest absolute Gasteiger partial charge is 0.263 e. The largest absolute Gasteiger partial charge is 0.303 e. The Bertz CT molecular complexity index is 1600. The van der Waals surface area contributed by atoms with Crippen LogP contribution >= 0.6 is 0 Å². The summed E-state index contributed by atoms with van der Waals surface area (Å²) < 4.78 is 1.60. The molecule has 5 rings (SSSR count). The molecule has 4 nitrogen and oxygen atoms in total. The summed E-state index contributed by atoms with van der Waals surface area (Å²) in [7, 11) is 0. The molecule has 0 N–H and O–H groups in total. The van der Waals surface area contributed by atoms with E-state index in [4.69, 9.17) is 0 Å². The molecule has 0 unspecified atom stereocenters. The summed E-state index contributed by atoms with van der Waals surface area (Å²) in [6, 6.07) is 32.7. The van der Waals surface area contributed by atoms with Crippen LogP contribution in [-0.4, -0.2) is 16.1 Å². The highest BCUT2D eigenvalue weighted by molar-refractivity contribution is 6.24. The summed E-state index contributed by atoms with van der Waals surface area (Å²) >= 11 is 0. The van der Waals surface area contributed by atoms with Crippen LogP contribution in [0.3, 0.4) is 0 Å². The summed E-state index contributed by atoms with van der Waals surface area (Å²) in [6.45, 7) is 2.22. The average molecular weight is 458 g/mol. The van der Waals surface area contributed by atoms with Crippen LogP contribution in [0.1, 0.15) is 43.0 Å². The lowest BCUT2D eigenvalue weighted by molar-refractivity contribution is 0.100. The van der Waals surface area contributed by atoms with Crippen molar-refractivity contribution in [2.45, 2.75) is 13.5 Å². The highest BCUT2D eigenvalue weighted by Gasteiger charge is 2.28. The number of carbonyl (C=O) groups excluding carboxylic acids is 2. The Morgan fingerprint density at radius 3 is 1.74 bits per heavy atom. The van der Waals surface area contributed by atoms with Gasteiger partial charge < -0.3 is 4.57 Å². The Morgan fingerprint density at radius 2 is 1.17 bits per heavy atom. The molecule has 0 bridgehead atoms. The van der Waals surface area contributed by atoms with Crippen LogP contribution in [0.15, 0.2) is 114 Å². The van der Waals surface area contributed by atoms with Crippen molar-refractivity contribution in [3.05, 3.63) is 153 Å². The zero-order valence-electron chi connectivity index (χ0n) is 19.3. The summed E-state index contributed by atoms with van der Waals surface area (Å²) in [5, 5.41) is 0.591. The molecule has 0 amide bonds. The van der Waals surface area contributed by atoms with Crippen molar-refractivity contribution in [2.75, 3.05) is 0 Å². The first kappa shape index (κ1) is 22.2. The normalized spacial score (nSPS) is 10.9. The number of hydrogen-bond donors (Lipinski definition) is 0. The topological polar surface area (TPSA) is 56.1 Å².